The zero-order valence-electron chi connectivity index (χ0n) is 44.6. The molecule has 3 unspecified atom stereocenters. The predicted molar refractivity (Wildman–Crippen MR) is 265 cm³/mol. The van der Waals surface area contributed by atoms with Gasteiger partial charge >= 0.3 is 5.97 Å². The van der Waals surface area contributed by atoms with Gasteiger partial charge in [-0.2, -0.15) is 0 Å². The number of nitrogens with zero attached hydrogens (tertiary/aromatic N) is 5. The Balaban J connectivity index is 1.29. The van der Waals surface area contributed by atoms with Gasteiger partial charge in [0, 0.05) is 68.9 Å². The third kappa shape index (κ3) is 12.4. The van der Waals surface area contributed by atoms with Gasteiger partial charge in [0.25, 0.3) is 5.56 Å². The average molecular weight is 1010 g/mol. The van der Waals surface area contributed by atoms with E-state index in [1.54, 1.807) is 76.0 Å². The molecule has 72 heavy (non-hydrogen) atoms. The van der Waals surface area contributed by atoms with Crippen molar-refractivity contribution in [3.63, 3.8) is 0 Å². The number of carbonyl (C=O) groups is 2. The summed E-state index contributed by atoms with van der Waals surface area (Å²) >= 11 is 0. The molecule has 0 aliphatic carbocycles. The summed E-state index contributed by atoms with van der Waals surface area (Å²) in [7, 11) is 4.88. The number of carbonyl (C=O) groups excluding carboxylic acids is 2. The second-order valence-corrected chi connectivity index (χ2v) is 21.6. The van der Waals surface area contributed by atoms with E-state index in [0.29, 0.717) is 25.2 Å². The number of aliphatic hydroxyl groups excluding tert-OH is 3. The van der Waals surface area contributed by atoms with Crippen LogP contribution in [-0.4, -0.2) is 162 Å². The first kappa shape index (κ1) is 57.3. The van der Waals surface area contributed by atoms with E-state index in [1.165, 1.54) is 21.1 Å². The molecule has 4 N–H and O–H groups in total. The summed E-state index contributed by atoms with van der Waals surface area (Å²) in [5, 5.41) is 55.7. The number of hydrogen-bond acceptors (Lipinski definition) is 17. The number of likely N-dealkylation sites (N-methyl/N-ethyl adjacent to an activating group) is 1. The molecule has 3 aromatic rings. The molecule has 3 aliphatic heterocycles. The van der Waals surface area contributed by atoms with Crippen molar-refractivity contribution in [1.82, 2.24) is 24.5 Å². The van der Waals surface area contributed by atoms with Gasteiger partial charge in [0.15, 0.2) is 12.6 Å². The number of aromatic nitrogens is 4. The maximum absolute atomic E-state index is 14.5. The lowest BCUT2D eigenvalue weighted by Crippen LogP contribution is -2.61. The smallest absolute Gasteiger partial charge is 0.311 e. The fraction of sp³-hybridized carbons (Fsp3) is 0.717. The minimum Gasteiger partial charge on any atom is -0.459 e. The van der Waals surface area contributed by atoms with Gasteiger partial charge in [0.05, 0.1) is 66.1 Å². The van der Waals surface area contributed by atoms with Crippen LogP contribution < -0.4 is 5.56 Å². The molecular weight excluding hydrogens is 931 g/mol. The summed E-state index contributed by atoms with van der Waals surface area (Å²) in [5.41, 5.74) is -1.19. The summed E-state index contributed by atoms with van der Waals surface area (Å²) in [6.45, 7) is 19.7. The van der Waals surface area contributed by atoms with Crippen molar-refractivity contribution in [3.8, 4) is 5.69 Å². The van der Waals surface area contributed by atoms with Gasteiger partial charge in [-0.3, -0.25) is 23.9 Å². The number of cyclic esters (lactones) is 1. The van der Waals surface area contributed by atoms with Crippen LogP contribution in [-0.2, 0) is 55.8 Å². The highest BCUT2D eigenvalue weighted by atomic mass is 16.7. The van der Waals surface area contributed by atoms with E-state index >= 15 is 0 Å². The number of ether oxygens (including phenoxy) is 7. The molecular formula is C53H81N5O14. The number of aryl methyl sites for hydroxylation is 1. The Hall–Kier alpha value is -3.99. The third-order valence-corrected chi connectivity index (χ3v) is 15.8. The van der Waals surface area contributed by atoms with E-state index < -0.39 is 114 Å². The van der Waals surface area contributed by atoms with Crippen molar-refractivity contribution in [3.05, 3.63) is 76.0 Å². The lowest BCUT2D eigenvalue weighted by molar-refractivity contribution is -0.319. The van der Waals surface area contributed by atoms with Gasteiger partial charge in [-0.25, -0.2) is 4.68 Å². The molecule has 0 bridgehead atoms. The van der Waals surface area contributed by atoms with Crippen LogP contribution in [0.15, 0.2) is 53.6 Å². The van der Waals surface area contributed by atoms with Crippen LogP contribution in [0.25, 0.3) is 5.69 Å². The van der Waals surface area contributed by atoms with Crippen LogP contribution in [0.5, 0.6) is 0 Å². The van der Waals surface area contributed by atoms with Crippen LogP contribution in [0.4, 0.5) is 0 Å². The van der Waals surface area contributed by atoms with E-state index in [0.717, 1.165) is 16.8 Å². The highest BCUT2D eigenvalue weighted by Crippen LogP contribution is 2.42. The molecule has 3 saturated heterocycles. The quantitative estimate of drug-likeness (QED) is 0.176. The second-order valence-electron chi connectivity index (χ2n) is 21.6. The first-order valence-electron chi connectivity index (χ1n) is 25.4. The Morgan fingerprint density at radius 3 is 2.15 bits per heavy atom. The number of esters is 1. The summed E-state index contributed by atoms with van der Waals surface area (Å²) in [4.78, 5) is 43.2. The van der Waals surface area contributed by atoms with Crippen LogP contribution in [0, 0.1) is 30.6 Å². The number of hydrogen-bond donors (Lipinski definition) is 4. The largest absolute Gasteiger partial charge is 0.459 e. The summed E-state index contributed by atoms with van der Waals surface area (Å²) in [6, 6.07) is 10.5. The van der Waals surface area contributed by atoms with Crippen LogP contribution >= 0.6 is 0 Å². The van der Waals surface area contributed by atoms with Gasteiger partial charge in [0.2, 0.25) is 0 Å². The molecule has 5 heterocycles. The van der Waals surface area contributed by atoms with Gasteiger partial charge in [-0.1, -0.05) is 51.1 Å². The highest BCUT2D eigenvalue weighted by Gasteiger charge is 2.54. The van der Waals surface area contributed by atoms with E-state index in [-0.39, 0.29) is 30.6 Å². The molecule has 19 nitrogen and oxygen atoms in total. The number of benzene rings is 1. The lowest BCUT2D eigenvalue weighted by atomic mass is 9.74. The Morgan fingerprint density at radius 2 is 1.51 bits per heavy atom. The van der Waals surface area contributed by atoms with Crippen molar-refractivity contribution in [2.75, 3.05) is 21.3 Å². The molecule has 18 atom stereocenters. The fourth-order valence-electron chi connectivity index (χ4n) is 11.1. The Labute approximate surface area is 424 Å². The second kappa shape index (κ2) is 23.3. The van der Waals surface area contributed by atoms with Gasteiger partial charge in [-0.15, -0.1) is 5.10 Å². The number of pyridine rings is 1. The maximum atomic E-state index is 14.5. The number of aliphatic hydroxyl groups is 4. The van der Waals surface area contributed by atoms with Crippen molar-refractivity contribution in [2.45, 2.75) is 199 Å². The van der Waals surface area contributed by atoms with Crippen molar-refractivity contribution >= 4 is 11.8 Å². The number of rotatable bonds is 13. The lowest BCUT2D eigenvalue weighted by Gasteiger charge is -2.50. The van der Waals surface area contributed by atoms with Gasteiger partial charge < -0.3 is 53.6 Å². The molecule has 0 saturated carbocycles. The zero-order valence-corrected chi connectivity index (χ0v) is 44.6. The monoisotopic (exact) mass is 1010 g/mol. The van der Waals surface area contributed by atoms with Crippen LogP contribution in [0.1, 0.15) is 112 Å². The first-order valence-corrected chi connectivity index (χ1v) is 25.4. The molecule has 0 amide bonds. The van der Waals surface area contributed by atoms with Gasteiger partial charge in [-0.05, 0) is 98.0 Å². The fourth-order valence-corrected chi connectivity index (χ4v) is 11.1. The minimum atomic E-state index is -2.01. The summed E-state index contributed by atoms with van der Waals surface area (Å²) in [6.07, 6.45) is -6.18. The van der Waals surface area contributed by atoms with Crippen LogP contribution in [0.3, 0.4) is 0 Å². The summed E-state index contributed by atoms with van der Waals surface area (Å²) in [5.74, 6) is -4.79. The molecule has 0 spiro atoms. The molecule has 6 rings (SSSR count). The van der Waals surface area contributed by atoms with Crippen molar-refractivity contribution in [2.24, 2.45) is 23.7 Å². The molecule has 3 aliphatic rings. The Morgan fingerprint density at radius 1 is 0.847 bits per heavy atom. The Kier molecular flexibility index (Phi) is 18.5. The van der Waals surface area contributed by atoms with Crippen molar-refractivity contribution in [1.29, 1.82) is 0 Å². The topological polar surface area (TPSA) is 236 Å². The maximum Gasteiger partial charge on any atom is 0.311 e. The highest BCUT2D eigenvalue weighted by molar-refractivity contribution is 5.83. The molecule has 402 valence electrons. The van der Waals surface area contributed by atoms with E-state index in [1.807, 2.05) is 63.2 Å². The normalized spacial score (nSPS) is 38.6. The summed E-state index contributed by atoms with van der Waals surface area (Å²) < 4.78 is 48.1. The molecule has 2 aromatic heterocycles. The number of methoxy groups -OCH3 is 2. The predicted octanol–water partition coefficient (Wildman–Crippen LogP) is 4.11. The molecule has 3 fully saturated rings. The van der Waals surface area contributed by atoms with Crippen LogP contribution in [0.2, 0.25) is 0 Å². The number of ketones is 1. The van der Waals surface area contributed by atoms with E-state index in [4.69, 9.17) is 33.2 Å². The SMILES string of the molecule is CCC1OC(=O)[C@H](C)[C@H](OC2C[C@@](C)(OC)[C@@H](O)[C@H](C)O2)[C@H](C)[C@@H](OC2O[C@H](C)C[C@H](N(C)Cc3cn(Cc4ccc(-n5cc(C)ccc5=O)cc4)nn3)[C@H]2O)[C@@](C)(OC)C[C@@H](C)C(=O)[C@H](C)[C@@H](O)[C@]1(C)O. The molecule has 0 radical (unpaired) electrons. The minimum absolute atomic E-state index is 0.0540. The first-order chi connectivity index (χ1) is 33.8. The zero-order chi connectivity index (χ0) is 53.2. The standard InChI is InChI=1S/C53H81N5O14/c1-15-40-53(11,65)46(62)32(5)43(60)30(3)23-52(10,67-14)48(33(6)45(34(7)49(64)70-40)71-42-24-51(9,66-13)47(63)35(8)69-42)72-50-44(61)39(22-31(4)68-50)56(12)27-37-28-57(55-54-37)26-36-17-19-38(20-18-36)58-25-29(2)16-21-41(58)59/h16-21,25,28,30-35,39-40,42,44-48,50,61-63,65H,15,22-24,26-27H2,1-14H3/t30-,31-,32+,33+,34-,35+,39+,40?,42?,44-,45-,46-,47+,48-,50?,51-,52+,53-/m1/s1. The van der Waals surface area contributed by atoms with Crippen molar-refractivity contribution < 1.29 is 63.2 Å². The van der Waals surface area contributed by atoms with Gasteiger partial charge in [0.1, 0.15) is 29.7 Å². The average Bonchev–Trinajstić information content (AvgIpc) is 3.79. The number of Topliss-reactive ketones (excluding diaryl/α,β-unsaturated/α-hetero) is 1. The molecule has 1 aromatic carbocycles. The Bertz CT molecular complexity index is 2340. The van der Waals surface area contributed by atoms with E-state index in [2.05, 4.69) is 10.3 Å². The van der Waals surface area contributed by atoms with E-state index in [9.17, 15) is 34.8 Å². The molecule has 19 heteroatoms. The third-order valence-electron chi connectivity index (χ3n) is 15.8.